The van der Waals surface area contributed by atoms with E-state index >= 15 is 0 Å². The Bertz CT molecular complexity index is 890. The molecule has 0 saturated carbocycles. The van der Waals surface area contributed by atoms with Crippen LogP contribution in [0.3, 0.4) is 0 Å². The summed E-state index contributed by atoms with van der Waals surface area (Å²) < 4.78 is 5.32. The van der Waals surface area contributed by atoms with Gasteiger partial charge in [-0.15, -0.1) is 24.0 Å². The number of nitrogens with zero attached hydrogens (tertiary/aromatic N) is 3. The number of nitrogens with one attached hydrogen (secondary N) is 2. The summed E-state index contributed by atoms with van der Waals surface area (Å²) in [5.41, 5.74) is 1.91. The van der Waals surface area contributed by atoms with Gasteiger partial charge in [0, 0.05) is 25.7 Å². The zero-order chi connectivity index (χ0) is 21.5. The summed E-state index contributed by atoms with van der Waals surface area (Å²) in [6.07, 6.45) is 1.52. The Balaban J connectivity index is 0.00000341. The van der Waals surface area contributed by atoms with Gasteiger partial charge in [-0.25, -0.2) is 4.99 Å². The minimum Gasteiger partial charge on any atom is -0.359 e. The maximum Gasteiger partial charge on any atom is 0.261 e. The first-order valence-corrected chi connectivity index (χ1v) is 10.4. The van der Waals surface area contributed by atoms with Gasteiger partial charge in [-0.05, 0) is 37.8 Å². The minimum absolute atomic E-state index is 0. The van der Waals surface area contributed by atoms with Crippen molar-refractivity contribution in [2.75, 3.05) is 19.6 Å². The molecule has 2 heterocycles. The van der Waals surface area contributed by atoms with Crippen molar-refractivity contribution >= 4 is 41.8 Å². The monoisotopic (exact) mass is 539 g/mol. The maximum atomic E-state index is 12.4. The molecular weight excluding hydrogens is 509 g/mol. The molecule has 0 aliphatic carbocycles. The second-order valence-electron chi connectivity index (χ2n) is 7.51. The summed E-state index contributed by atoms with van der Waals surface area (Å²) >= 11 is 0. The van der Waals surface area contributed by atoms with E-state index in [0.29, 0.717) is 42.6 Å². The van der Waals surface area contributed by atoms with Crippen LogP contribution in [0.15, 0.2) is 39.8 Å². The molecule has 1 aromatic heterocycles. The van der Waals surface area contributed by atoms with E-state index < -0.39 is 0 Å². The molecule has 2 amide bonds. The molecule has 8 nitrogen and oxygen atoms in total. The van der Waals surface area contributed by atoms with Gasteiger partial charge in [-0.1, -0.05) is 31.1 Å². The Kier molecular flexibility index (Phi) is 9.47. The van der Waals surface area contributed by atoms with E-state index in [1.807, 2.05) is 13.0 Å². The lowest BCUT2D eigenvalue weighted by molar-refractivity contribution is 0.0652. The van der Waals surface area contributed by atoms with Crippen molar-refractivity contribution in [2.24, 2.45) is 4.99 Å². The van der Waals surface area contributed by atoms with Gasteiger partial charge < -0.3 is 15.2 Å². The lowest BCUT2D eigenvalue weighted by Gasteiger charge is -2.14. The molecule has 0 bridgehead atoms. The molecule has 0 saturated heterocycles. The largest absolute Gasteiger partial charge is 0.359 e. The van der Waals surface area contributed by atoms with Crippen LogP contribution in [0.5, 0.6) is 0 Å². The number of fused-ring (bicyclic) bond motifs is 1. The number of guanidine groups is 1. The summed E-state index contributed by atoms with van der Waals surface area (Å²) in [5.74, 6) is 1.33. The van der Waals surface area contributed by atoms with Crippen molar-refractivity contribution in [3.63, 3.8) is 0 Å². The highest BCUT2D eigenvalue weighted by Gasteiger charge is 2.34. The molecule has 3 rings (SSSR count). The third kappa shape index (κ3) is 6.28. The first kappa shape index (κ1) is 24.8. The van der Waals surface area contributed by atoms with Crippen LogP contribution < -0.4 is 10.6 Å². The van der Waals surface area contributed by atoms with E-state index in [9.17, 15) is 9.59 Å². The Hall–Kier alpha value is -2.43. The van der Waals surface area contributed by atoms with E-state index in [4.69, 9.17) is 4.52 Å². The number of hydrogen-bond acceptors (Lipinski definition) is 5. The highest BCUT2D eigenvalue weighted by Crippen LogP contribution is 2.22. The van der Waals surface area contributed by atoms with Crippen molar-refractivity contribution in [2.45, 2.75) is 46.1 Å². The summed E-state index contributed by atoms with van der Waals surface area (Å²) in [7, 11) is 0. The summed E-state index contributed by atoms with van der Waals surface area (Å²) in [6.45, 7) is 8.39. The van der Waals surface area contributed by atoms with E-state index in [-0.39, 0.29) is 35.8 Å². The van der Waals surface area contributed by atoms with Gasteiger partial charge in [-0.2, -0.15) is 0 Å². The Morgan fingerprint density at radius 1 is 1.13 bits per heavy atom. The standard InChI is InChI=1S/C22H29N5O3.HI/c1-4-23-22(25-14-16-13-19(15(2)3)26-30-16)24-11-7-8-12-27-20(28)17-9-5-6-10-18(17)21(27)29;/h5-6,9-10,13,15H,4,7-8,11-12,14H2,1-3H3,(H2,23,24,25);1H. The number of aromatic nitrogens is 1. The fraction of sp³-hybridized carbons (Fsp3) is 0.455. The van der Waals surface area contributed by atoms with E-state index in [1.165, 1.54) is 4.90 Å². The third-order valence-corrected chi connectivity index (χ3v) is 4.89. The van der Waals surface area contributed by atoms with Crippen molar-refractivity contribution in [3.05, 3.63) is 52.9 Å². The lowest BCUT2D eigenvalue weighted by atomic mass is 10.1. The number of imide groups is 1. The second kappa shape index (κ2) is 11.8. The Morgan fingerprint density at radius 2 is 1.81 bits per heavy atom. The van der Waals surface area contributed by atoms with Crippen molar-refractivity contribution in [1.29, 1.82) is 0 Å². The zero-order valence-corrected chi connectivity index (χ0v) is 20.5. The molecule has 0 atom stereocenters. The quantitative estimate of drug-likeness (QED) is 0.166. The molecule has 0 radical (unpaired) electrons. The SMILES string of the molecule is CCNC(=NCc1cc(C(C)C)no1)NCCCCN1C(=O)c2ccccc2C1=O.I. The molecular formula is C22H30IN5O3. The fourth-order valence-electron chi connectivity index (χ4n) is 3.22. The van der Waals surface area contributed by atoms with Crippen LogP contribution in [0.4, 0.5) is 0 Å². The average molecular weight is 539 g/mol. The molecule has 0 unspecified atom stereocenters. The highest BCUT2D eigenvalue weighted by atomic mass is 127. The first-order chi connectivity index (χ1) is 14.5. The smallest absolute Gasteiger partial charge is 0.261 e. The number of aliphatic imine (C=N–C) groups is 1. The first-order valence-electron chi connectivity index (χ1n) is 10.4. The molecule has 0 fully saturated rings. The predicted molar refractivity (Wildman–Crippen MR) is 130 cm³/mol. The van der Waals surface area contributed by atoms with Gasteiger partial charge in [0.15, 0.2) is 11.7 Å². The van der Waals surface area contributed by atoms with Crippen LogP contribution in [-0.4, -0.2) is 47.5 Å². The molecule has 2 N–H and O–H groups in total. The lowest BCUT2D eigenvalue weighted by Crippen LogP contribution is -2.38. The van der Waals surface area contributed by atoms with Crippen LogP contribution in [0, 0.1) is 0 Å². The number of carbonyl (C=O) groups excluding carboxylic acids is 2. The molecule has 0 spiro atoms. The number of carbonyl (C=O) groups is 2. The van der Waals surface area contributed by atoms with Gasteiger partial charge in [-0.3, -0.25) is 14.5 Å². The number of hydrogen-bond donors (Lipinski definition) is 2. The highest BCUT2D eigenvalue weighted by molar-refractivity contribution is 14.0. The maximum absolute atomic E-state index is 12.4. The predicted octanol–water partition coefficient (Wildman–Crippen LogP) is 3.55. The van der Waals surface area contributed by atoms with Crippen LogP contribution in [0.2, 0.25) is 0 Å². The Morgan fingerprint density at radius 3 is 2.39 bits per heavy atom. The zero-order valence-electron chi connectivity index (χ0n) is 18.2. The van der Waals surface area contributed by atoms with E-state index in [0.717, 1.165) is 30.8 Å². The molecule has 1 aromatic carbocycles. The van der Waals surface area contributed by atoms with Crippen LogP contribution in [0.1, 0.15) is 71.7 Å². The van der Waals surface area contributed by atoms with Crippen LogP contribution in [0.25, 0.3) is 0 Å². The van der Waals surface area contributed by atoms with Gasteiger partial charge in [0.2, 0.25) is 0 Å². The molecule has 9 heteroatoms. The van der Waals surface area contributed by atoms with Gasteiger partial charge >= 0.3 is 0 Å². The van der Waals surface area contributed by atoms with Crippen LogP contribution in [-0.2, 0) is 6.54 Å². The average Bonchev–Trinajstić information content (AvgIpc) is 3.31. The number of benzene rings is 1. The van der Waals surface area contributed by atoms with Gasteiger partial charge in [0.05, 0.1) is 16.8 Å². The fourth-order valence-corrected chi connectivity index (χ4v) is 3.22. The van der Waals surface area contributed by atoms with Gasteiger partial charge in [0.25, 0.3) is 11.8 Å². The van der Waals surface area contributed by atoms with Crippen molar-refractivity contribution < 1.29 is 14.1 Å². The molecule has 2 aromatic rings. The summed E-state index contributed by atoms with van der Waals surface area (Å²) in [6, 6.07) is 8.90. The van der Waals surface area contributed by atoms with Crippen molar-refractivity contribution in [1.82, 2.24) is 20.7 Å². The number of rotatable bonds is 9. The number of halogens is 1. The van der Waals surface area contributed by atoms with Gasteiger partial charge in [0.1, 0.15) is 6.54 Å². The van der Waals surface area contributed by atoms with Crippen molar-refractivity contribution in [3.8, 4) is 0 Å². The molecule has 1 aliphatic rings. The summed E-state index contributed by atoms with van der Waals surface area (Å²) in [5, 5.41) is 10.5. The van der Waals surface area contributed by atoms with E-state index in [2.05, 4.69) is 34.6 Å². The molecule has 1 aliphatic heterocycles. The molecule has 31 heavy (non-hydrogen) atoms. The topological polar surface area (TPSA) is 99.8 Å². The normalized spacial score (nSPS) is 13.4. The second-order valence-corrected chi connectivity index (χ2v) is 7.51. The Labute approximate surface area is 199 Å². The minimum atomic E-state index is -0.203. The third-order valence-electron chi connectivity index (χ3n) is 4.89. The number of unbranched alkanes of at least 4 members (excludes halogenated alkanes) is 1. The summed E-state index contributed by atoms with van der Waals surface area (Å²) in [4.78, 5) is 30.6. The van der Waals surface area contributed by atoms with Crippen LogP contribution >= 0.6 is 24.0 Å². The molecule has 168 valence electrons. The van der Waals surface area contributed by atoms with E-state index in [1.54, 1.807) is 24.3 Å². The number of amides is 2.